The summed E-state index contributed by atoms with van der Waals surface area (Å²) in [6, 6.07) is 11.2. The number of fused-ring (bicyclic) bond motifs is 1. The van der Waals surface area contributed by atoms with Crippen molar-refractivity contribution in [3.8, 4) is 45.8 Å². The van der Waals surface area contributed by atoms with Crippen molar-refractivity contribution in [2.24, 2.45) is 0 Å². The Bertz CT molecular complexity index is 1780. The van der Waals surface area contributed by atoms with E-state index in [1.165, 1.54) is 24.3 Å². The zero-order chi connectivity index (χ0) is 31.7. The molecule has 0 aliphatic carbocycles. The third-order valence-electron chi connectivity index (χ3n) is 6.75. The van der Waals surface area contributed by atoms with E-state index in [4.69, 9.17) is 18.6 Å². The molecule has 14 heteroatoms. The fourth-order valence-electron chi connectivity index (χ4n) is 4.46. The molecule has 0 spiro atoms. The van der Waals surface area contributed by atoms with Gasteiger partial charge in [-0.2, -0.15) is 0 Å². The zero-order valence-electron chi connectivity index (χ0n) is 22.5. The Morgan fingerprint density at radius 1 is 0.818 bits per heavy atom. The summed E-state index contributed by atoms with van der Waals surface area (Å²) in [6.45, 7) is -0.616. The number of hydrogen-bond acceptors (Lipinski definition) is 14. The van der Waals surface area contributed by atoms with Crippen molar-refractivity contribution in [3.63, 3.8) is 0 Å². The second kappa shape index (κ2) is 12.1. The van der Waals surface area contributed by atoms with Crippen molar-refractivity contribution >= 4 is 23.0 Å². The largest absolute Gasteiger partial charge is 0.508 e. The second-order valence-corrected chi connectivity index (χ2v) is 9.82. The molecule has 0 bridgehead atoms. The molecule has 44 heavy (non-hydrogen) atoms. The van der Waals surface area contributed by atoms with Crippen LogP contribution < -0.4 is 10.2 Å². The number of aromatic hydroxyl groups is 5. The summed E-state index contributed by atoms with van der Waals surface area (Å²) in [4.78, 5) is 25.8. The van der Waals surface area contributed by atoms with E-state index in [1.807, 2.05) is 0 Å². The number of ether oxygens (including phenoxy) is 3. The normalized spacial score (nSPS) is 21.8. The van der Waals surface area contributed by atoms with Crippen molar-refractivity contribution in [2.75, 3.05) is 6.61 Å². The number of rotatable bonds is 7. The van der Waals surface area contributed by atoms with Crippen molar-refractivity contribution in [1.82, 2.24) is 0 Å². The molecule has 1 saturated heterocycles. The van der Waals surface area contributed by atoms with Crippen LogP contribution in [-0.2, 0) is 14.3 Å². The van der Waals surface area contributed by atoms with Crippen LogP contribution in [0.3, 0.4) is 0 Å². The summed E-state index contributed by atoms with van der Waals surface area (Å²) in [7, 11) is 0. The maximum Gasteiger partial charge on any atom is 0.330 e. The lowest BCUT2D eigenvalue weighted by molar-refractivity contribution is -0.278. The second-order valence-electron chi connectivity index (χ2n) is 9.82. The first kappa shape index (κ1) is 30.2. The molecule has 1 aliphatic heterocycles. The topological polar surface area (TPSA) is 237 Å². The predicted octanol–water partition coefficient (Wildman–Crippen LogP) is 1.43. The monoisotopic (exact) mass is 610 g/mol. The van der Waals surface area contributed by atoms with Crippen molar-refractivity contribution in [2.45, 2.75) is 30.7 Å². The standard InChI is InChI=1S/C30H26O14/c31-15-5-1-13(2-6-15)3-8-22(36)41-12-21-24(37)26(39)27(40)30(43-21)44-29-25(38)23-19(35)10-16(32)11-20(23)42-28(29)14-4-7-17(33)18(34)9-14/h1-11,21,24,26-27,30-35,37,39-40H,12H2/b8-3-/t21-,24+,26+,27-,30+/m1/s1. The highest BCUT2D eigenvalue weighted by Gasteiger charge is 2.46. The number of aliphatic hydroxyl groups is 3. The summed E-state index contributed by atoms with van der Waals surface area (Å²) < 4.78 is 22.1. The summed E-state index contributed by atoms with van der Waals surface area (Å²) in [5.41, 5.74) is -0.735. The Hall–Kier alpha value is -5.28. The minimum atomic E-state index is -1.95. The van der Waals surface area contributed by atoms with Crippen LogP contribution in [0.25, 0.3) is 28.4 Å². The molecule has 3 aromatic carbocycles. The Kier molecular flexibility index (Phi) is 8.33. The molecule has 0 radical (unpaired) electrons. The number of carbonyl (C=O) groups excluding carboxylic acids is 1. The Balaban J connectivity index is 1.43. The maximum atomic E-state index is 13.6. The van der Waals surface area contributed by atoms with Crippen LogP contribution >= 0.6 is 0 Å². The Morgan fingerprint density at radius 3 is 2.25 bits per heavy atom. The van der Waals surface area contributed by atoms with E-state index >= 15 is 0 Å². The minimum absolute atomic E-state index is 0.0195. The highest BCUT2D eigenvalue weighted by molar-refractivity contribution is 5.88. The van der Waals surface area contributed by atoms with Gasteiger partial charge in [0.25, 0.3) is 0 Å². The molecule has 230 valence electrons. The summed E-state index contributed by atoms with van der Waals surface area (Å²) in [5, 5.41) is 80.6. The first-order chi connectivity index (χ1) is 20.9. The molecule has 5 atom stereocenters. The molecule has 0 amide bonds. The van der Waals surface area contributed by atoms with Gasteiger partial charge in [0.2, 0.25) is 17.5 Å². The molecule has 1 fully saturated rings. The summed E-state index contributed by atoms with van der Waals surface area (Å²) in [5.74, 6) is -4.08. The van der Waals surface area contributed by atoms with Gasteiger partial charge < -0.3 is 59.5 Å². The molecule has 4 aromatic rings. The van der Waals surface area contributed by atoms with E-state index in [1.54, 1.807) is 12.1 Å². The molecule has 0 saturated carbocycles. The van der Waals surface area contributed by atoms with Gasteiger partial charge in [-0.3, -0.25) is 4.79 Å². The number of carbonyl (C=O) groups is 1. The van der Waals surface area contributed by atoms with Crippen LogP contribution in [0.1, 0.15) is 5.56 Å². The van der Waals surface area contributed by atoms with Gasteiger partial charge in [-0.25, -0.2) is 4.79 Å². The quantitative estimate of drug-likeness (QED) is 0.0840. The lowest BCUT2D eigenvalue weighted by atomic mass is 9.99. The third-order valence-corrected chi connectivity index (χ3v) is 6.75. The average Bonchev–Trinajstić information content (AvgIpc) is 2.98. The Morgan fingerprint density at radius 2 is 1.55 bits per heavy atom. The number of benzene rings is 3. The highest BCUT2D eigenvalue weighted by Crippen LogP contribution is 2.39. The van der Waals surface area contributed by atoms with Gasteiger partial charge in [-0.1, -0.05) is 12.1 Å². The molecule has 1 aliphatic rings. The highest BCUT2D eigenvalue weighted by atomic mass is 16.7. The van der Waals surface area contributed by atoms with Gasteiger partial charge in [0, 0.05) is 23.8 Å². The number of esters is 1. The molecule has 5 rings (SSSR count). The molecular weight excluding hydrogens is 584 g/mol. The van der Waals surface area contributed by atoms with E-state index < -0.39 is 82.8 Å². The van der Waals surface area contributed by atoms with Crippen LogP contribution in [0, 0.1) is 0 Å². The lowest BCUT2D eigenvalue weighted by Crippen LogP contribution is -2.60. The van der Waals surface area contributed by atoms with E-state index in [0.29, 0.717) is 5.56 Å². The Labute approximate surface area is 247 Å². The third kappa shape index (κ3) is 6.09. The van der Waals surface area contributed by atoms with Gasteiger partial charge in [0.1, 0.15) is 59.2 Å². The van der Waals surface area contributed by atoms with Gasteiger partial charge in [0.15, 0.2) is 17.3 Å². The number of aliphatic hydroxyl groups excluding tert-OH is 3. The van der Waals surface area contributed by atoms with Crippen molar-refractivity contribution in [1.29, 1.82) is 0 Å². The van der Waals surface area contributed by atoms with E-state index in [-0.39, 0.29) is 22.7 Å². The smallest absolute Gasteiger partial charge is 0.330 e. The van der Waals surface area contributed by atoms with Crippen LogP contribution in [0.5, 0.6) is 34.5 Å². The molecule has 8 N–H and O–H groups in total. The fourth-order valence-corrected chi connectivity index (χ4v) is 4.46. The number of phenols is 5. The SMILES string of the molecule is O=C(/C=C\c1ccc(O)cc1)OC[C@H]1O[C@@H](Oc2c(-c3ccc(O)c(O)c3)oc3cc(O)cc(O)c3c2=O)[C@H](O)[C@@H](O)[C@H]1O. The first-order valence-electron chi connectivity index (χ1n) is 13.0. The predicted molar refractivity (Wildman–Crippen MR) is 150 cm³/mol. The average molecular weight is 611 g/mol. The first-order valence-corrected chi connectivity index (χ1v) is 13.0. The van der Waals surface area contributed by atoms with E-state index in [2.05, 4.69) is 0 Å². The van der Waals surface area contributed by atoms with Gasteiger partial charge in [0.05, 0.1) is 0 Å². The van der Waals surface area contributed by atoms with Crippen LogP contribution in [0.4, 0.5) is 0 Å². The van der Waals surface area contributed by atoms with Gasteiger partial charge in [-0.15, -0.1) is 0 Å². The van der Waals surface area contributed by atoms with Gasteiger partial charge >= 0.3 is 5.97 Å². The molecule has 2 heterocycles. The lowest BCUT2D eigenvalue weighted by Gasteiger charge is -2.39. The van der Waals surface area contributed by atoms with Crippen molar-refractivity contribution in [3.05, 3.63) is 76.5 Å². The van der Waals surface area contributed by atoms with E-state index in [0.717, 1.165) is 30.3 Å². The summed E-state index contributed by atoms with van der Waals surface area (Å²) in [6.07, 6.45) is -6.45. The minimum Gasteiger partial charge on any atom is -0.508 e. The molecular formula is C30H26O14. The van der Waals surface area contributed by atoms with E-state index in [9.17, 15) is 50.4 Å². The molecule has 1 aromatic heterocycles. The van der Waals surface area contributed by atoms with Crippen LogP contribution in [0.15, 0.2) is 69.9 Å². The maximum absolute atomic E-state index is 13.6. The number of hydrogen-bond donors (Lipinski definition) is 8. The van der Waals surface area contributed by atoms with Gasteiger partial charge in [-0.05, 0) is 42.0 Å². The number of phenolic OH excluding ortho intramolecular Hbond substituents is 5. The van der Waals surface area contributed by atoms with Crippen LogP contribution in [-0.4, -0.2) is 84.1 Å². The fraction of sp³-hybridized carbons (Fsp3) is 0.200. The van der Waals surface area contributed by atoms with Crippen LogP contribution in [0.2, 0.25) is 0 Å². The molecule has 0 unspecified atom stereocenters. The summed E-state index contributed by atoms with van der Waals surface area (Å²) >= 11 is 0. The zero-order valence-corrected chi connectivity index (χ0v) is 22.5. The molecule has 14 nitrogen and oxygen atoms in total. The van der Waals surface area contributed by atoms with Crippen molar-refractivity contribution < 1.29 is 64.3 Å².